The lowest BCUT2D eigenvalue weighted by Gasteiger charge is -2.13. The normalized spacial score (nSPS) is 11.0. The number of hydrogen-bond acceptors (Lipinski definition) is 5. The van der Waals surface area contributed by atoms with Crippen molar-refractivity contribution in [3.05, 3.63) is 65.6 Å². The highest BCUT2D eigenvalue weighted by Gasteiger charge is 2.19. The second kappa shape index (κ2) is 7.45. The number of nitrogens with two attached hydrogens (primary N) is 1. The van der Waals surface area contributed by atoms with E-state index in [2.05, 4.69) is 9.97 Å². The predicted molar refractivity (Wildman–Crippen MR) is 113 cm³/mol. The number of hydrogen-bond donors (Lipinski definition) is 6. The fourth-order valence-corrected chi connectivity index (χ4v) is 3.41. The van der Waals surface area contributed by atoms with Crippen LogP contribution in [0.15, 0.2) is 48.5 Å². The molecule has 0 aliphatic heterocycles. The van der Waals surface area contributed by atoms with Crippen molar-refractivity contribution in [3.8, 4) is 33.9 Å². The molecule has 0 aliphatic rings. The smallest absolute Gasteiger partial charge is 0.307 e. The second-order valence-corrected chi connectivity index (χ2v) is 7.00. The van der Waals surface area contributed by atoms with Crippen molar-refractivity contribution < 1.29 is 24.5 Å². The van der Waals surface area contributed by atoms with E-state index in [1.54, 1.807) is 18.2 Å². The van der Waals surface area contributed by atoms with Crippen molar-refractivity contribution in [1.29, 1.82) is 5.41 Å². The topological polar surface area (TPSA) is 156 Å². The number of carbonyl (C=O) groups is 1. The van der Waals surface area contributed by atoms with Crippen LogP contribution in [0.4, 0.5) is 4.39 Å². The Morgan fingerprint density at radius 1 is 1.06 bits per heavy atom. The molecule has 0 amide bonds. The van der Waals surface area contributed by atoms with E-state index in [-0.39, 0.29) is 46.1 Å². The third kappa shape index (κ3) is 3.76. The lowest BCUT2D eigenvalue weighted by Crippen LogP contribution is -2.12. The van der Waals surface area contributed by atoms with Gasteiger partial charge in [0, 0.05) is 16.7 Å². The minimum Gasteiger partial charge on any atom is -0.507 e. The van der Waals surface area contributed by atoms with Crippen LogP contribution < -0.4 is 5.73 Å². The van der Waals surface area contributed by atoms with Crippen LogP contribution in [0.3, 0.4) is 0 Å². The molecular formula is C22H17FN4O4. The summed E-state index contributed by atoms with van der Waals surface area (Å²) in [7, 11) is 0. The fraction of sp³-hybridized carbons (Fsp3) is 0.0455. The number of pyridine rings is 1. The summed E-state index contributed by atoms with van der Waals surface area (Å²) in [5.41, 5.74) is 7.99. The summed E-state index contributed by atoms with van der Waals surface area (Å²) >= 11 is 0. The molecule has 7 N–H and O–H groups in total. The van der Waals surface area contributed by atoms with Gasteiger partial charge in [0.05, 0.1) is 23.1 Å². The molecule has 0 spiro atoms. The molecule has 8 nitrogen and oxygen atoms in total. The molecule has 0 aliphatic carbocycles. The average molecular weight is 420 g/mol. The Morgan fingerprint density at radius 3 is 2.52 bits per heavy atom. The first-order chi connectivity index (χ1) is 14.7. The number of nitrogen functional groups attached to an aromatic ring is 1. The van der Waals surface area contributed by atoms with Crippen molar-refractivity contribution >= 4 is 22.8 Å². The van der Waals surface area contributed by atoms with Gasteiger partial charge in [0.25, 0.3) is 0 Å². The highest BCUT2D eigenvalue weighted by molar-refractivity contribution is 5.96. The van der Waals surface area contributed by atoms with Crippen LogP contribution in [0.1, 0.15) is 11.3 Å². The third-order valence-corrected chi connectivity index (χ3v) is 4.82. The predicted octanol–water partition coefficient (Wildman–Crippen LogP) is 3.36. The van der Waals surface area contributed by atoms with Crippen LogP contribution in [0.25, 0.3) is 33.4 Å². The zero-order valence-corrected chi connectivity index (χ0v) is 16.0. The van der Waals surface area contributed by atoms with E-state index in [1.165, 1.54) is 12.1 Å². The number of phenolic OH excluding ortho intramolecular Hbond substituents is 2. The van der Waals surface area contributed by atoms with Crippen molar-refractivity contribution in [2.45, 2.75) is 6.42 Å². The summed E-state index contributed by atoms with van der Waals surface area (Å²) in [4.78, 5) is 18.7. The number of nitrogens with zero attached hydrogens (tertiary/aromatic N) is 1. The first-order valence-electron chi connectivity index (χ1n) is 9.14. The molecule has 9 heteroatoms. The molecule has 0 unspecified atom stereocenters. The Balaban J connectivity index is 1.95. The number of fused-ring (bicyclic) bond motifs is 1. The summed E-state index contributed by atoms with van der Waals surface area (Å²) < 4.78 is 13.8. The molecule has 0 radical (unpaired) electrons. The van der Waals surface area contributed by atoms with Crippen LogP contribution >= 0.6 is 0 Å². The highest BCUT2D eigenvalue weighted by atomic mass is 19.1. The number of carboxylic acids is 1. The Labute approximate surface area is 174 Å². The van der Waals surface area contributed by atoms with Gasteiger partial charge in [-0.3, -0.25) is 10.2 Å². The van der Waals surface area contributed by atoms with Gasteiger partial charge >= 0.3 is 5.97 Å². The van der Waals surface area contributed by atoms with E-state index < -0.39 is 11.8 Å². The van der Waals surface area contributed by atoms with Gasteiger partial charge < -0.3 is 26.0 Å². The number of aromatic nitrogens is 2. The summed E-state index contributed by atoms with van der Waals surface area (Å²) in [5, 5.41) is 37.9. The lowest BCUT2D eigenvalue weighted by atomic mass is 9.95. The van der Waals surface area contributed by atoms with Gasteiger partial charge in [-0.1, -0.05) is 0 Å². The van der Waals surface area contributed by atoms with Gasteiger partial charge in [0.2, 0.25) is 0 Å². The minimum atomic E-state index is -1.09. The van der Waals surface area contributed by atoms with E-state index in [0.717, 1.165) is 18.2 Å². The van der Waals surface area contributed by atoms with Gasteiger partial charge in [-0.25, -0.2) is 9.37 Å². The van der Waals surface area contributed by atoms with Crippen LogP contribution in [-0.4, -0.2) is 37.1 Å². The van der Waals surface area contributed by atoms with Gasteiger partial charge in [-0.05, 0) is 54.1 Å². The van der Waals surface area contributed by atoms with E-state index in [4.69, 9.17) is 11.1 Å². The summed E-state index contributed by atoms with van der Waals surface area (Å²) in [6, 6.07) is 11.1. The Bertz CT molecular complexity index is 1360. The number of amidine groups is 1. The van der Waals surface area contributed by atoms with Gasteiger partial charge in [-0.15, -0.1) is 0 Å². The maximum Gasteiger partial charge on any atom is 0.307 e. The van der Waals surface area contributed by atoms with E-state index in [0.29, 0.717) is 22.3 Å². The molecule has 4 aromatic rings. The molecule has 2 heterocycles. The number of phenols is 2. The number of carboxylic acid groups (broad SMARTS) is 1. The maximum absolute atomic E-state index is 13.8. The Morgan fingerprint density at radius 2 is 1.81 bits per heavy atom. The molecule has 0 bridgehead atoms. The van der Waals surface area contributed by atoms with Crippen LogP contribution in [0.2, 0.25) is 0 Å². The molecule has 2 aromatic carbocycles. The summed E-state index contributed by atoms with van der Waals surface area (Å²) in [6.45, 7) is 0. The van der Waals surface area contributed by atoms with Crippen LogP contribution in [0.5, 0.6) is 11.5 Å². The quantitative estimate of drug-likeness (QED) is 0.215. The van der Waals surface area contributed by atoms with Gasteiger partial charge in [0.1, 0.15) is 28.8 Å². The standard InChI is InChI=1S/C22H17FN4O4/c23-11-1-4-19(28)12(8-11)13-5-10(7-20(29)30)6-14(21(13)31)17-9-18-15(26-17)2-3-16(27-18)22(24)25/h1-6,8-9,26,28,31H,7H2,(H3,24,25)(H,29,30). The van der Waals surface area contributed by atoms with Crippen LogP contribution in [-0.2, 0) is 11.2 Å². The van der Waals surface area contributed by atoms with Crippen LogP contribution in [0, 0.1) is 11.2 Å². The number of nitrogens with one attached hydrogen (secondary N) is 2. The summed E-state index contributed by atoms with van der Waals surface area (Å²) in [6.07, 6.45) is -0.344. The fourth-order valence-electron chi connectivity index (χ4n) is 3.41. The van der Waals surface area contributed by atoms with Gasteiger partial charge in [0.15, 0.2) is 0 Å². The van der Waals surface area contributed by atoms with Crippen molar-refractivity contribution in [2.75, 3.05) is 0 Å². The van der Waals surface area contributed by atoms with Crippen molar-refractivity contribution in [3.63, 3.8) is 0 Å². The number of benzene rings is 2. The Hall–Kier alpha value is -4.40. The molecule has 31 heavy (non-hydrogen) atoms. The molecule has 156 valence electrons. The molecule has 0 fully saturated rings. The number of aromatic amines is 1. The number of halogens is 1. The lowest BCUT2D eigenvalue weighted by molar-refractivity contribution is -0.136. The third-order valence-electron chi connectivity index (χ3n) is 4.82. The molecule has 2 aromatic heterocycles. The number of H-pyrrole nitrogens is 1. The zero-order valence-electron chi connectivity index (χ0n) is 16.0. The Kier molecular flexibility index (Phi) is 4.78. The first-order valence-corrected chi connectivity index (χ1v) is 9.14. The van der Waals surface area contributed by atoms with E-state index in [9.17, 15) is 24.5 Å². The van der Waals surface area contributed by atoms with E-state index >= 15 is 0 Å². The molecule has 0 saturated heterocycles. The maximum atomic E-state index is 13.8. The largest absolute Gasteiger partial charge is 0.507 e. The number of rotatable bonds is 5. The highest BCUT2D eigenvalue weighted by Crippen LogP contribution is 2.42. The molecule has 0 atom stereocenters. The monoisotopic (exact) mass is 420 g/mol. The first kappa shape index (κ1) is 19.9. The molecule has 0 saturated carbocycles. The molecular weight excluding hydrogens is 403 g/mol. The minimum absolute atomic E-state index is 0.0269. The number of aromatic hydroxyl groups is 2. The summed E-state index contributed by atoms with van der Waals surface area (Å²) in [5.74, 6) is -2.44. The zero-order chi connectivity index (χ0) is 22.3. The number of aliphatic carboxylic acids is 1. The second-order valence-electron chi connectivity index (χ2n) is 7.00. The SMILES string of the molecule is N=C(N)c1ccc2[nH]c(-c3cc(CC(=O)O)cc(-c4cc(F)ccc4O)c3O)cc2n1. The molecule has 4 rings (SSSR count). The van der Waals surface area contributed by atoms with Gasteiger partial charge in [-0.2, -0.15) is 0 Å². The average Bonchev–Trinajstić information content (AvgIpc) is 3.13. The van der Waals surface area contributed by atoms with Crippen molar-refractivity contribution in [1.82, 2.24) is 9.97 Å². The van der Waals surface area contributed by atoms with E-state index in [1.807, 2.05) is 0 Å². The van der Waals surface area contributed by atoms with Crippen molar-refractivity contribution in [2.24, 2.45) is 5.73 Å².